The van der Waals surface area contributed by atoms with Crippen molar-refractivity contribution in [2.24, 2.45) is 5.10 Å². The fourth-order valence-electron chi connectivity index (χ4n) is 2.26. The van der Waals surface area contributed by atoms with Crippen molar-refractivity contribution in [1.29, 1.82) is 0 Å². The van der Waals surface area contributed by atoms with E-state index in [-0.39, 0.29) is 0 Å². The summed E-state index contributed by atoms with van der Waals surface area (Å²) >= 11 is 6.06. The third-order valence-corrected chi connectivity index (χ3v) is 3.73. The normalized spacial score (nSPS) is 11.0. The Balaban J connectivity index is 1.89. The summed E-state index contributed by atoms with van der Waals surface area (Å²) in [5, 5.41) is 14.2. The number of hydrazone groups is 1. The maximum Gasteiger partial charge on any atom is 0.176 e. The van der Waals surface area contributed by atoms with Crippen LogP contribution in [0.3, 0.4) is 0 Å². The number of nitrogens with zero attached hydrogens (tertiary/aromatic N) is 3. The summed E-state index contributed by atoms with van der Waals surface area (Å²) in [6, 6.07) is 13.0. The molecule has 122 valence electrons. The first kappa shape index (κ1) is 16.0. The number of fused-ring (bicyclic) bond motifs is 1. The van der Waals surface area contributed by atoms with Crippen molar-refractivity contribution < 1.29 is 9.47 Å². The minimum atomic E-state index is 0.356. The molecule has 3 rings (SSSR count). The van der Waals surface area contributed by atoms with Gasteiger partial charge in [-0.25, -0.2) is 0 Å². The van der Waals surface area contributed by atoms with Crippen molar-refractivity contribution in [3.05, 3.63) is 53.2 Å². The molecule has 0 amide bonds. The van der Waals surface area contributed by atoms with Gasteiger partial charge < -0.3 is 9.47 Å². The molecule has 0 spiro atoms. The van der Waals surface area contributed by atoms with E-state index in [9.17, 15) is 0 Å². The first-order chi connectivity index (χ1) is 11.7. The van der Waals surface area contributed by atoms with Gasteiger partial charge in [0.1, 0.15) is 11.5 Å². The smallest absolute Gasteiger partial charge is 0.176 e. The lowest BCUT2D eigenvalue weighted by Gasteiger charge is -2.07. The predicted octanol–water partition coefficient (Wildman–Crippen LogP) is 3.75. The highest BCUT2D eigenvalue weighted by Gasteiger charge is 2.07. The Bertz CT molecular complexity index is 899. The minimum absolute atomic E-state index is 0.356. The highest BCUT2D eigenvalue weighted by Crippen LogP contribution is 2.26. The third-order valence-electron chi connectivity index (χ3n) is 3.45. The molecule has 24 heavy (non-hydrogen) atoms. The van der Waals surface area contributed by atoms with Gasteiger partial charge in [-0.1, -0.05) is 35.9 Å². The zero-order valence-corrected chi connectivity index (χ0v) is 13.9. The Morgan fingerprint density at radius 3 is 2.58 bits per heavy atom. The van der Waals surface area contributed by atoms with Crippen LogP contribution in [0.2, 0.25) is 5.15 Å². The first-order valence-electron chi connectivity index (χ1n) is 7.15. The number of aromatic nitrogens is 2. The summed E-state index contributed by atoms with van der Waals surface area (Å²) in [5.41, 5.74) is 3.67. The van der Waals surface area contributed by atoms with Crippen LogP contribution < -0.4 is 14.9 Å². The molecule has 0 atom stereocenters. The van der Waals surface area contributed by atoms with Crippen LogP contribution in [0.1, 0.15) is 5.56 Å². The molecule has 0 fully saturated rings. The van der Waals surface area contributed by atoms with Gasteiger partial charge in [0.2, 0.25) is 0 Å². The number of methoxy groups -OCH3 is 2. The second-order valence-corrected chi connectivity index (χ2v) is 5.22. The van der Waals surface area contributed by atoms with E-state index in [1.54, 1.807) is 20.4 Å². The standard InChI is InChI=1S/C17H15ClN4O2/c1-23-12-7-8-15(24-2)11(9-12)10-19-21-17-14-6-4-3-5-13(14)16(18)20-22-17/h3-10H,1-2H3,(H,21,22)/b19-10+. The SMILES string of the molecule is COc1ccc(OC)c(/C=N/Nc2nnc(Cl)c3ccccc23)c1. The molecule has 0 unspecified atom stereocenters. The van der Waals surface area contributed by atoms with Crippen molar-refractivity contribution in [1.82, 2.24) is 10.2 Å². The Kier molecular flexibility index (Phi) is 4.77. The van der Waals surface area contributed by atoms with E-state index in [2.05, 4.69) is 20.7 Å². The van der Waals surface area contributed by atoms with Crippen molar-refractivity contribution in [2.45, 2.75) is 0 Å². The Morgan fingerprint density at radius 1 is 1.04 bits per heavy atom. The number of halogens is 1. The molecule has 0 aliphatic carbocycles. The van der Waals surface area contributed by atoms with Crippen LogP contribution in [-0.2, 0) is 0 Å². The van der Waals surface area contributed by atoms with Crippen molar-refractivity contribution in [3.63, 3.8) is 0 Å². The zero-order valence-electron chi connectivity index (χ0n) is 13.2. The van der Waals surface area contributed by atoms with Gasteiger partial charge in [0.25, 0.3) is 0 Å². The number of ether oxygens (including phenoxy) is 2. The lowest BCUT2D eigenvalue weighted by Crippen LogP contribution is -1.98. The largest absolute Gasteiger partial charge is 0.497 e. The molecule has 7 heteroatoms. The molecule has 1 heterocycles. The fourth-order valence-corrected chi connectivity index (χ4v) is 2.46. The monoisotopic (exact) mass is 342 g/mol. The van der Waals surface area contributed by atoms with E-state index < -0.39 is 0 Å². The van der Waals surface area contributed by atoms with Crippen LogP contribution >= 0.6 is 11.6 Å². The van der Waals surface area contributed by atoms with Crippen LogP contribution in [-0.4, -0.2) is 30.6 Å². The van der Waals surface area contributed by atoms with E-state index in [0.29, 0.717) is 22.5 Å². The van der Waals surface area contributed by atoms with E-state index in [4.69, 9.17) is 21.1 Å². The van der Waals surface area contributed by atoms with E-state index in [1.165, 1.54) is 0 Å². The number of nitrogens with one attached hydrogen (secondary N) is 1. The molecule has 2 aromatic carbocycles. The van der Waals surface area contributed by atoms with Crippen LogP contribution in [0.5, 0.6) is 11.5 Å². The molecule has 0 aliphatic rings. The van der Waals surface area contributed by atoms with Crippen LogP contribution in [0, 0.1) is 0 Å². The third kappa shape index (κ3) is 3.23. The van der Waals surface area contributed by atoms with E-state index in [1.807, 2.05) is 42.5 Å². The lowest BCUT2D eigenvalue weighted by molar-refractivity contribution is 0.402. The summed E-state index contributed by atoms with van der Waals surface area (Å²) in [4.78, 5) is 0. The van der Waals surface area contributed by atoms with Crippen LogP contribution in [0.25, 0.3) is 10.8 Å². The van der Waals surface area contributed by atoms with Gasteiger partial charge in [-0.05, 0) is 18.2 Å². The first-order valence-corrected chi connectivity index (χ1v) is 7.52. The Hall–Kier alpha value is -2.86. The topological polar surface area (TPSA) is 68.6 Å². The molecule has 0 bridgehead atoms. The average Bonchev–Trinajstić information content (AvgIpc) is 2.63. The Labute approximate surface area is 144 Å². The van der Waals surface area contributed by atoms with E-state index in [0.717, 1.165) is 16.3 Å². The van der Waals surface area contributed by atoms with Gasteiger partial charge in [-0.3, -0.25) is 5.43 Å². The molecule has 0 saturated carbocycles. The summed E-state index contributed by atoms with van der Waals surface area (Å²) < 4.78 is 10.5. The number of benzene rings is 2. The summed E-state index contributed by atoms with van der Waals surface area (Å²) in [6.45, 7) is 0. The lowest BCUT2D eigenvalue weighted by atomic mass is 10.2. The van der Waals surface area contributed by atoms with Crippen LogP contribution in [0.15, 0.2) is 47.6 Å². The molecule has 3 aromatic rings. The second-order valence-electron chi connectivity index (χ2n) is 4.86. The highest BCUT2D eigenvalue weighted by atomic mass is 35.5. The van der Waals surface area contributed by atoms with Crippen LogP contribution in [0.4, 0.5) is 5.82 Å². The fraction of sp³-hybridized carbons (Fsp3) is 0.118. The van der Waals surface area contributed by atoms with Gasteiger partial charge in [0.15, 0.2) is 11.0 Å². The summed E-state index contributed by atoms with van der Waals surface area (Å²) in [7, 11) is 3.21. The molecule has 0 aliphatic heterocycles. The molecule has 0 saturated heterocycles. The average molecular weight is 343 g/mol. The number of hydrogen-bond acceptors (Lipinski definition) is 6. The number of hydrogen-bond donors (Lipinski definition) is 1. The van der Waals surface area contributed by atoms with E-state index >= 15 is 0 Å². The molecule has 1 aromatic heterocycles. The van der Waals surface area contributed by atoms with Gasteiger partial charge in [0.05, 0.1) is 20.4 Å². The van der Waals surface area contributed by atoms with Gasteiger partial charge in [0, 0.05) is 16.3 Å². The maximum absolute atomic E-state index is 6.06. The van der Waals surface area contributed by atoms with Gasteiger partial charge in [-0.2, -0.15) is 5.10 Å². The molecule has 0 radical (unpaired) electrons. The van der Waals surface area contributed by atoms with Crippen molar-refractivity contribution >= 4 is 34.4 Å². The molecule has 6 nitrogen and oxygen atoms in total. The van der Waals surface area contributed by atoms with Crippen molar-refractivity contribution in [2.75, 3.05) is 19.6 Å². The second kappa shape index (κ2) is 7.14. The molecule has 1 N–H and O–H groups in total. The predicted molar refractivity (Wildman–Crippen MR) is 95.3 cm³/mol. The minimum Gasteiger partial charge on any atom is -0.497 e. The maximum atomic E-state index is 6.06. The molecular formula is C17H15ClN4O2. The number of anilines is 1. The Morgan fingerprint density at radius 2 is 1.83 bits per heavy atom. The van der Waals surface area contributed by atoms with Gasteiger partial charge >= 0.3 is 0 Å². The zero-order chi connectivity index (χ0) is 16.9. The highest BCUT2D eigenvalue weighted by molar-refractivity contribution is 6.34. The summed E-state index contributed by atoms with van der Waals surface area (Å²) in [6.07, 6.45) is 1.63. The van der Waals surface area contributed by atoms with Gasteiger partial charge in [-0.15, -0.1) is 10.2 Å². The number of rotatable bonds is 5. The molecular weight excluding hydrogens is 328 g/mol. The van der Waals surface area contributed by atoms with Crippen molar-refractivity contribution in [3.8, 4) is 11.5 Å². The summed E-state index contributed by atoms with van der Waals surface area (Å²) in [5.74, 6) is 1.93. The quantitative estimate of drug-likeness (QED) is 0.565.